The summed E-state index contributed by atoms with van der Waals surface area (Å²) in [5.41, 5.74) is 5.00. The summed E-state index contributed by atoms with van der Waals surface area (Å²) in [5, 5.41) is 11.4. The number of primary amides is 1. The van der Waals surface area contributed by atoms with Crippen molar-refractivity contribution in [1.82, 2.24) is 10.2 Å². The van der Waals surface area contributed by atoms with Gasteiger partial charge in [-0.05, 0) is 37.5 Å². The van der Waals surface area contributed by atoms with E-state index in [0.717, 1.165) is 25.7 Å². The maximum atomic E-state index is 12.2. The molecule has 0 aromatic heterocycles. The minimum Gasteiger partial charge on any atom is -0.480 e. The average molecular weight is 283 g/mol. The highest BCUT2D eigenvalue weighted by atomic mass is 16.4. The number of aliphatic carboxylic acids is 1. The third kappa shape index (κ3) is 4.71. The number of carboxylic acid groups (broad SMARTS) is 1. The second kappa shape index (κ2) is 6.11. The third-order valence-electron chi connectivity index (χ3n) is 3.64. The highest BCUT2D eigenvalue weighted by Gasteiger charge is 2.33. The molecule has 112 valence electrons. The highest BCUT2D eigenvalue weighted by molar-refractivity contribution is 5.87. The number of urea groups is 1. The van der Waals surface area contributed by atoms with Crippen molar-refractivity contribution in [2.45, 2.75) is 38.1 Å². The summed E-state index contributed by atoms with van der Waals surface area (Å²) >= 11 is 0. The summed E-state index contributed by atoms with van der Waals surface area (Å²) < 4.78 is 0. The van der Waals surface area contributed by atoms with Crippen LogP contribution < -0.4 is 11.1 Å². The summed E-state index contributed by atoms with van der Waals surface area (Å²) in [5.74, 6) is -0.901. The monoisotopic (exact) mass is 283 g/mol. The van der Waals surface area contributed by atoms with Crippen LogP contribution in [0, 0.1) is 11.8 Å². The maximum absolute atomic E-state index is 12.2. The molecule has 0 aliphatic heterocycles. The van der Waals surface area contributed by atoms with E-state index in [2.05, 4.69) is 5.32 Å². The number of rotatable bonds is 8. The Morgan fingerprint density at radius 2 is 1.65 bits per heavy atom. The molecule has 0 saturated heterocycles. The number of carbonyl (C=O) groups excluding carboxylic acids is 2. The van der Waals surface area contributed by atoms with E-state index in [-0.39, 0.29) is 6.42 Å². The molecule has 0 bridgehead atoms. The quantitative estimate of drug-likeness (QED) is 0.588. The second-order valence-electron chi connectivity index (χ2n) is 5.80. The first-order valence-corrected chi connectivity index (χ1v) is 7.02. The van der Waals surface area contributed by atoms with Crippen molar-refractivity contribution in [3.63, 3.8) is 0 Å². The van der Waals surface area contributed by atoms with Gasteiger partial charge in [0.05, 0.1) is 6.42 Å². The van der Waals surface area contributed by atoms with Gasteiger partial charge in [-0.15, -0.1) is 0 Å². The van der Waals surface area contributed by atoms with E-state index in [1.165, 1.54) is 0 Å². The van der Waals surface area contributed by atoms with E-state index in [0.29, 0.717) is 24.9 Å². The van der Waals surface area contributed by atoms with Gasteiger partial charge in [-0.1, -0.05) is 0 Å². The zero-order valence-corrected chi connectivity index (χ0v) is 11.4. The topological polar surface area (TPSA) is 113 Å². The number of amides is 3. The molecule has 3 amide bonds. The van der Waals surface area contributed by atoms with E-state index < -0.39 is 23.9 Å². The second-order valence-corrected chi connectivity index (χ2v) is 5.80. The fourth-order valence-corrected chi connectivity index (χ4v) is 2.11. The molecule has 0 aromatic rings. The van der Waals surface area contributed by atoms with Crippen molar-refractivity contribution in [3.8, 4) is 0 Å². The Bertz CT molecular complexity index is 390. The largest absolute Gasteiger partial charge is 0.480 e. The van der Waals surface area contributed by atoms with Gasteiger partial charge in [-0.25, -0.2) is 9.59 Å². The van der Waals surface area contributed by atoms with E-state index in [9.17, 15) is 14.4 Å². The Morgan fingerprint density at radius 3 is 2.00 bits per heavy atom. The molecule has 4 N–H and O–H groups in total. The van der Waals surface area contributed by atoms with Gasteiger partial charge in [0.15, 0.2) is 0 Å². The van der Waals surface area contributed by atoms with Gasteiger partial charge < -0.3 is 21.1 Å². The van der Waals surface area contributed by atoms with E-state index in [1.54, 1.807) is 4.90 Å². The van der Waals surface area contributed by atoms with E-state index in [1.807, 2.05) is 0 Å². The molecule has 0 spiro atoms. The van der Waals surface area contributed by atoms with Crippen molar-refractivity contribution in [3.05, 3.63) is 0 Å². The normalized spacial score (nSPS) is 19.2. The Kier molecular flexibility index (Phi) is 4.46. The summed E-state index contributed by atoms with van der Waals surface area (Å²) in [6.07, 6.45) is 4.11. The predicted molar refractivity (Wildman–Crippen MR) is 70.8 cm³/mol. The molecule has 0 heterocycles. The van der Waals surface area contributed by atoms with Gasteiger partial charge in [0.2, 0.25) is 5.91 Å². The number of nitrogens with one attached hydrogen (secondary N) is 1. The number of nitrogens with zero attached hydrogens (tertiary/aromatic N) is 1. The van der Waals surface area contributed by atoms with Crippen molar-refractivity contribution in [2.24, 2.45) is 17.6 Å². The van der Waals surface area contributed by atoms with Gasteiger partial charge in [0, 0.05) is 13.1 Å². The lowest BCUT2D eigenvalue weighted by Crippen LogP contribution is -2.50. The smallest absolute Gasteiger partial charge is 0.326 e. The average Bonchev–Trinajstić information content (AvgIpc) is 3.21. The molecule has 2 aliphatic rings. The molecular formula is C13H21N3O4. The molecule has 2 rings (SSSR count). The molecule has 2 fully saturated rings. The van der Waals surface area contributed by atoms with Crippen LogP contribution >= 0.6 is 0 Å². The molecule has 1 unspecified atom stereocenters. The molecule has 0 aromatic carbocycles. The lowest BCUT2D eigenvalue weighted by atomic mass is 10.2. The molecule has 7 nitrogen and oxygen atoms in total. The van der Waals surface area contributed by atoms with Crippen LogP contribution in [0.1, 0.15) is 32.1 Å². The summed E-state index contributed by atoms with van der Waals surface area (Å²) in [6, 6.07) is -1.65. The van der Waals surface area contributed by atoms with Crippen molar-refractivity contribution < 1.29 is 19.5 Å². The minimum atomic E-state index is -1.25. The lowest BCUT2D eigenvalue weighted by Gasteiger charge is -2.25. The summed E-state index contributed by atoms with van der Waals surface area (Å²) in [7, 11) is 0. The highest BCUT2D eigenvalue weighted by Crippen LogP contribution is 2.33. The fourth-order valence-electron chi connectivity index (χ4n) is 2.11. The molecule has 7 heteroatoms. The standard InChI is InChI=1S/C13H21N3O4/c14-11(17)5-10(12(18)19)15-13(20)16(6-8-1-2-8)7-9-3-4-9/h8-10H,1-7H2,(H2,14,17)(H,15,20)(H,18,19). The van der Waals surface area contributed by atoms with Crippen LogP contribution in [0.5, 0.6) is 0 Å². The lowest BCUT2D eigenvalue weighted by molar-refractivity contribution is -0.140. The van der Waals surface area contributed by atoms with Crippen LogP contribution in [0.4, 0.5) is 4.79 Å². The van der Waals surface area contributed by atoms with Gasteiger partial charge in [-0.3, -0.25) is 4.79 Å². The number of hydrogen-bond donors (Lipinski definition) is 3. The predicted octanol–water partition coefficient (Wildman–Crippen LogP) is 0.147. The first kappa shape index (κ1) is 14.6. The van der Waals surface area contributed by atoms with Gasteiger partial charge in [0.25, 0.3) is 0 Å². The third-order valence-corrected chi connectivity index (χ3v) is 3.64. The molecule has 2 aliphatic carbocycles. The first-order valence-electron chi connectivity index (χ1n) is 7.02. The molecule has 2 saturated carbocycles. The Morgan fingerprint density at radius 1 is 1.15 bits per heavy atom. The van der Waals surface area contributed by atoms with Crippen LogP contribution in [0.15, 0.2) is 0 Å². The van der Waals surface area contributed by atoms with Gasteiger partial charge in [0.1, 0.15) is 6.04 Å². The number of carboxylic acids is 1. The Balaban J connectivity index is 1.89. The SMILES string of the molecule is NC(=O)CC(NC(=O)N(CC1CC1)CC1CC1)C(=O)O. The van der Waals surface area contributed by atoms with Gasteiger partial charge >= 0.3 is 12.0 Å². The molecule has 1 atom stereocenters. The zero-order chi connectivity index (χ0) is 14.7. The van der Waals surface area contributed by atoms with Crippen molar-refractivity contribution >= 4 is 17.9 Å². The maximum Gasteiger partial charge on any atom is 0.326 e. The Labute approximate surface area is 117 Å². The fraction of sp³-hybridized carbons (Fsp3) is 0.769. The molecule has 0 radical (unpaired) electrons. The van der Waals surface area contributed by atoms with Crippen LogP contribution in [-0.2, 0) is 9.59 Å². The van der Waals surface area contributed by atoms with Crippen molar-refractivity contribution in [2.75, 3.05) is 13.1 Å². The zero-order valence-electron chi connectivity index (χ0n) is 11.4. The minimum absolute atomic E-state index is 0.387. The number of carbonyl (C=O) groups is 3. The van der Waals surface area contributed by atoms with Crippen LogP contribution in [0.25, 0.3) is 0 Å². The van der Waals surface area contributed by atoms with Crippen LogP contribution in [-0.4, -0.2) is 47.0 Å². The molecule has 20 heavy (non-hydrogen) atoms. The van der Waals surface area contributed by atoms with Gasteiger partial charge in [-0.2, -0.15) is 0 Å². The number of nitrogens with two attached hydrogens (primary N) is 1. The molecular weight excluding hydrogens is 262 g/mol. The Hall–Kier alpha value is -1.79. The summed E-state index contributed by atoms with van der Waals surface area (Å²) in [4.78, 5) is 35.7. The van der Waals surface area contributed by atoms with E-state index >= 15 is 0 Å². The first-order chi connectivity index (χ1) is 9.45. The van der Waals surface area contributed by atoms with Crippen LogP contribution in [0.2, 0.25) is 0 Å². The van der Waals surface area contributed by atoms with E-state index in [4.69, 9.17) is 10.8 Å². The van der Waals surface area contributed by atoms with Crippen LogP contribution in [0.3, 0.4) is 0 Å². The summed E-state index contributed by atoms with van der Waals surface area (Å²) in [6.45, 7) is 1.34. The number of hydrogen-bond acceptors (Lipinski definition) is 3. The van der Waals surface area contributed by atoms with Crippen molar-refractivity contribution in [1.29, 1.82) is 0 Å².